The highest BCUT2D eigenvalue weighted by Gasteiger charge is 2.27. The van der Waals surface area contributed by atoms with Crippen molar-refractivity contribution in [3.8, 4) is 0 Å². The molecule has 31 heavy (non-hydrogen) atoms. The summed E-state index contributed by atoms with van der Waals surface area (Å²) in [6.45, 7) is 7.12. The van der Waals surface area contributed by atoms with Crippen LogP contribution in [0.15, 0.2) is 24.4 Å². The number of aryl methyl sites for hydroxylation is 3. The maximum Gasteiger partial charge on any atom is 0.322 e. The summed E-state index contributed by atoms with van der Waals surface area (Å²) in [6.07, 6.45) is 7.77. The molecule has 0 radical (unpaired) electrons. The Morgan fingerprint density at radius 2 is 1.84 bits per heavy atom. The smallest absolute Gasteiger partial charge is 0.322 e. The first-order valence-corrected chi connectivity index (χ1v) is 11.4. The second-order valence-corrected chi connectivity index (χ2v) is 8.73. The van der Waals surface area contributed by atoms with E-state index >= 15 is 0 Å². The van der Waals surface area contributed by atoms with E-state index in [4.69, 9.17) is 0 Å². The van der Waals surface area contributed by atoms with Gasteiger partial charge in [0, 0.05) is 37.9 Å². The lowest BCUT2D eigenvalue weighted by Crippen LogP contribution is -2.46. The van der Waals surface area contributed by atoms with Crippen LogP contribution < -0.4 is 5.32 Å². The van der Waals surface area contributed by atoms with Crippen LogP contribution in [0.3, 0.4) is 0 Å². The monoisotopic (exact) mass is 424 g/mol. The number of carbonyl (C=O) groups excluding carboxylic acids is 2. The minimum Gasteiger partial charge on any atom is -0.337 e. The van der Waals surface area contributed by atoms with Gasteiger partial charge in [-0.05, 0) is 75.6 Å². The predicted molar refractivity (Wildman–Crippen MR) is 119 cm³/mol. The van der Waals surface area contributed by atoms with Crippen LogP contribution in [0.5, 0.6) is 0 Å². The SMILES string of the molecule is Cc1ccc(NC(=O)N2CCCCC2CCn2cc(C(=O)N3CCCC3)nn2)cc1C. The summed E-state index contributed by atoms with van der Waals surface area (Å²) < 4.78 is 1.73. The van der Waals surface area contributed by atoms with Crippen LogP contribution in [0.1, 0.15) is 60.1 Å². The number of rotatable bonds is 5. The normalized spacial score (nSPS) is 19.0. The fourth-order valence-corrected chi connectivity index (χ4v) is 4.45. The molecular weight excluding hydrogens is 392 g/mol. The Morgan fingerprint density at radius 3 is 2.61 bits per heavy atom. The lowest BCUT2D eigenvalue weighted by atomic mass is 10.00. The topological polar surface area (TPSA) is 83.4 Å². The number of hydrogen-bond donors (Lipinski definition) is 1. The Balaban J connectivity index is 1.35. The number of hydrogen-bond acceptors (Lipinski definition) is 4. The van der Waals surface area contributed by atoms with Crippen molar-refractivity contribution in [3.63, 3.8) is 0 Å². The fraction of sp³-hybridized carbons (Fsp3) is 0.565. The van der Waals surface area contributed by atoms with Crippen LogP contribution in [0.2, 0.25) is 0 Å². The maximum absolute atomic E-state index is 13.0. The van der Waals surface area contributed by atoms with E-state index in [1.165, 1.54) is 11.1 Å². The Morgan fingerprint density at radius 1 is 1.06 bits per heavy atom. The average molecular weight is 425 g/mol. The zero-order chi connectivity index (χ0) is 21.8. The molecule has 0 bridgehead atoms. The van der Waals surface area contributed by atoms with Crippen LogP contribution in [0, 0.1) is 13.8 Å². The molecular formula is C23H32N6O2. The number of nitrogens with zero attached hydrogens (tertiary/aromatic N) is 5. The van der Waals surface area contributed by atoms with Gasteiger partial charge in [-0.2, -0.15) is 0 Å². The van der Waals surface area contributed by atoms with Crippen LogP contribution >= 0.6 is 0 Å². The molecule has 2 aliphatic heterocycles. The van der Waals surface area contributed by atoms with E-state index in [1.807, 2.05) is 28.0 Å². The second-order valence-electron chi connectivity index (χ2n) is 8.73. The summed E-state index contributed by atoms with van der Waals surface area (Å²) in [6, 6.07) is 6.11. The van der Waals surface area contributed by atoms with E-state index in [0.29, 0.717) is 12.2 Å². The number of carbonyl (C=O) groups is 2. The molecule has 1 unspecified atom stereocenters. The van der Waals surface area contributed by atoms with Gasteiger partial charge in [-0.3, -0.25) is 9.48 Å². The summed E-state index contributed by atoms with van der Waals surface area (Å²) >= 11 is 0. The molecule has 4 rings (SSSR count). The summed E-state index contributed by atoms with van der Waals surface area (Å²) in [5.74, 6) is -0.0317. The first-order valence-electron chi connectivity index (χ1n) is 11.4. The molecule has 2 saturated heterocycles. The van der Waals surface area contributed by atoms with Gasteiger partial charge in [0.25, 0.3) is 5.91 Å². The maximum atomic E-state index is 13.0. The van der Waals surface area contributed by atoms with Crippen LogP contribution in [0.4, 0.5) is 10.5 Å². The fourth-order valence-electron chi connectivity index (χ4n) is 4.45. The van der Waals surface area contributed by atoms with E-state index in [1.54, 1.807) is 10.9 Å². The molecule has 8 nitrogen and oxygen atoms in total. The molecule has 0 spiro atoms. The molecule has 1 N–H and O–H groups in total. The van der Waals surface area contributed by atoms with Gasteiger partial charge in [0.1, 0.15) is 0 Å². The third-order valence-electron chi connectivity index (χ3n) is 6.49. The minimum absolute atomic E-state index is 0.0317. The molecule has 3 amide bonds. The predicted octanol–water partition coefficient (Wildman–Crippen LogP) is 3.61. The van der Waals surface area contributed by atoms with Gasteiger partial charge in [-0.1, -0.05) is 11.3 Å². The zero-order valence-corrected chi connectivity index (χ0v) is 18.5. The number of anilines is 1. The number of amides is 3. The number of aromatic nitrogens is 3. The molecule has 1 atom stereocenters. The summed E-state index contributed by atoms with van der Waals surface area (Å²) in [4.78, 5) is 29.2. The summed E-state index contributed by atoms with van der Waals surface area (Å²) in [5, 5.41) is 11.3. The van der Waals surface area contributed by atoms with Gasteiger partial charge in [0.2, 0.25) is 0 Å². The average Bonchev–Trinajstić information content (AvgIpc) is 3.47. The van der Waals surface area contributed by atoms with Crippen molar-refractivity contribution in [3.05, 3.63) is 41.2 Å². The van der Waals surface area contributed by atoms with Crippen LogP contribution in [-0.2, 0) is 6.54 Å². The van der Waals surface area contributed by atoms with E-state index in [2.05, 4.69) is 29.5 Å². The highest BCUT2D eigenvalue weighted by atomic mass is 16.2. The molecule has 2 fully saturated rings. The van der Waals surface area contributed by atoms with E-state index in [-0.39, 0.29) is 18.0 Å². The van der Waals surface area contributed by atoms with E-state index < -0.39 is 0 Å². The first-order chi connectivity index (χ1) is 15.0. The van der Waals surface area contributed by atoms with Crippen molar-refractivity contribution in [1.82, 2.24) is 24.8 Å². The summed E-state index contributed by atoms with van der Waals surface area (Å²) in [5.41, 5.74) is 3.62. The summed E-state index contributed by atoms with van der Waals surface area (Å²) in [7, 11) is 0. The third-order valence-corrected chi connectivity index (χ3v) is 6.49. The Kier molecular flexibility index (Phi) is 6.53. The molecule has 8 heteroatoms. The van der Waals surface area contributed by atoms with Gasteiger partial charge < -0.3 is 15.1 Å². The standard InChI is InChI=1S/C23H32N6O2/c1-17-8-9-19(15-18(17)2)24-23(31)29-13-4-3-7-20(29)10-14-28-16-21(25-26-28)22(30)27-11-5-6-12-27/h8-9,15-16,20H,3-7,10-14H2,1-2H3,(H,24,31). The minimum atomic E-state index is -0.0450. The molecule has 3 heterocycles. The molecule has 1 aromatic heterocycles. The van der Waals surface area contributed by atoms with Crippen molar-refractivity contribution in [2.45, 2.75) is 65.0 Å². The molecule has 2 aliphatic rings. The highest BCUT2D eigenvalue weighted by Crippen LogP contribution is 2.22. The van der Waals surface area contributed by atoms with Crippen molar-refractivity contribution >= 4 is 17.6 Å². The van der Waals surface area contributed by atoms with Gasteiger partial charge in [-0.15, -0.1) is 5.10 Å². The molecule has 1 aromatic carbocycles. The van der Waals surface area contributed by atoms with E-state index in [0.717, 1.165) is 63.8 Å². The number of piperidine rings is 1. The molecule has 0 saturated carbocycles. The lowest BCUT2D eigenvalue weighted by Gasteiger charge is -2.35. The third kappa shape index (κ3) is 5.06. The number of likely N-dealkylation sites (tertiary alicyclic amines) is 2. The van der Waals surface area contributed by atoms with Gasteiger partial charge in [0.05, 0.1) is 6.20 Å². The Labute approximate surface area is 183 Å². The van der Waals surface area contributed by atoms with Crippen LogP contribution in [-0.4, -0.2) is 62.4 Å². The molecule has 166 valence electrons. The molecule has 0 aliphatic carbocycles. The van der Waals surface area contributed by atoms with Crippen molar-refractivity contribution in [2.75, 3.05) is 25.0 Å². The van der Waals surface area contributed by atoms with Crippen molar-refractivity contribution < 1.29 is 9.59 Å². The van der Waals surface area contributed by atoms with Gasteiger partial charge in [-0.25, -0.2) is 4.79 Å². The van der Waals surface area contributed by atoms with Crippen molar-refractivity contribution in [1.29, 1.82) is 0 Å². The zero-order valence-electron chi connectivity index (χ0n) is 18.5. The molecule has 2 aromatic rings. The van der Waals surface area contributed by atoms with E-state index in [9.17, 15) is 9.59 Å². The largest absolute Gasteiger partial charge is 0.337 e. The first kappa shape index (κ1) is 21.3. The second kappa shape index (κ2) is 9.49. The number of nitrogens with one attached hydrogen (secondary N) is 1. The quantitative estimate of drug-likeness (QED) is 0.795. The lowest BCUT2D eigenvalue weighted by molar-refractivity contribution is 0.0787. The Hall–Kier alpha value is -2.90. The highest BCUT2D eigenvalue weighted by molar-refractivity contribution is 5.92. The number of benzene rings is 1. The number of urea groups is 1. The van der Waals surface area contributed by atoms with Crippen LogP contribution in [0.25, 0.3) is 0 Å². The van der Waals surface area contributed by atoms with Gasteiger partial charge in [0.15, 0.2) is 5.69 Å². The van der Waals surface area contributed by atoms with Crippen molar-refractivity contribution in [2.24, 2.45) is 0 Å². The Bertz CT molecular complexity index is 934. The van der Waals surface area contributed by atoms with Gasteiger partial charge >= 0.3 is 6.03 Å².